The number of carbonyl (C=O) groups excluding carboxylic acids is 2. The molecule has 136 valence electrons. The summed E-state index contributed by atoms with van der Waals surface area (Å²) < 4.78 is 0. The third kappa shape index (κ3) is 3.61. The molecule has 2 amide bonds. The van der Waals surface area contributed by atoms with E-state index in [1.54, 1.807) is 0 Å². The molecule has 0 fully saturated rings. The molecule has 0 bridgehead atoms. The fourth-order valence-electron chi connectivity index (χ4n) is 3.24. The number of hydrogen-bond donors (Lipinski definition) is 2. The van der Waals surface area contributed by atoms with Crippen LogP contribution in [0.5, 0.6) is 0 Å². The van der Waals surface area contributed by atoms with Crippen LogP contribution in [0.4, 0.5) is 10.8 Å². The molecule has 6 heteroatoms. The van der Waals surface area contributed by atoms with Crippen molar-refractivity contribution in [2.75, 3.05) is 10.6 Å². The molecular weight excluding hydrogens is 358 g/mol. The molecule has 0 atom stereocenters. The number of aryl methyl sites for hydroxylation is 3. The van der Waals surface area contributed by atoms with Gasteiger partial charge in [-0.25, -0.2) is 4.98 Å². The van der Waals surface area contributed by atoms with Gasteiger partial charge in [-0.1, -0.05) is 23.8 Å². The lowest BCUT2D eigenvalue weighted by atomic mass is 9.99. The Labute approximate surface area is 161 Å². The quantitative estimate of drug-likeness (QED) is 0.703. The van der Waals surface area contributed by atoms with Crippen LogP contribution >= 0.6 is 11.3 Å². The number of amides is 2. The minimum Gasteiger partial charge on any atom is -0.326 e. The van der Waals surface area contributed by atoms with E-state index in [2.05, 4.69) is 21.7 Å². The molecule has 4 rings (SSSR count). The number of fused-ring (bicyclic) bond motifs is 1. The van der Waals surface area contributed by atoms with Crippen LogP contribution in [-0.2, 0) is 11.2 Å². The Morgan fingerprint density at radius 3 is 2.81 bits per heavy atom. The van der Waals surface area contributed by atoms with E-state index in [0.29, 0.717) is 17.1 Å². The number of aromatic nitrogens is 1. The van der Waals surface area contributed by atoms with Crippen molar-refractivity contribution < 1.29 is 9.59 Å². The molecule has 0 spiro atoms. The van der Waals surface area contributed by atoms with Gasteiger partial charge in [-0.2, -0.15) is 0 Å². The van der Waals surface area contributed by atoms with Gasteiger partial charge in [0.25, 0.3) is 5.91 Å². The summed E-state index contributed by atoms with van der Waals surface area (Å²) in [5.41, 5.74) is 6.51. The molecule has 2 aromatic carbocycles. The first-order chi connectivity index (χ1) is 13.0. The van der Waals surface area contributed by atoms with Gasteiger partial charge < -0.3 is 5.32 Å². The highest BCUT2D eigenvalue weighted by Gasteiger charge is 2.16. The van der Waals surface area contributed by atoms with Gasteiger partial charge in [0.15, 0.2) is 5.13 Å². The number of nitrogens with one attached hydrogen (secondary N) is 2. The highest BCUT2D eigenvalue weighted by atomic mass is 32.1. The number of hydrogen-bond acceptors (Lipinski definition) is 4. The van der Waals surface area contributed by atoms with E-state index in [0.717, 1.165) is 40.1 Å². The van der Waals surface area contributed by atoms with Crippen LogP contribution in [0.25, 0.3) is 11.3 Å². The van der Waals surface area contributed by atoms with Crippen molar-refractivity contribution in [3.63, 3.8) is 0 Å². The molecule has 5 nitrogen and oxygen atoms in total. The van der Waals surface area contributed by atoms with Crippen molar-refractivity contribution in [1.29, 1.82) is 0 Å². The summed E-state index contributed by atoms with van der Waals surface area (Å²) >= 11 is 1.40. The summed E-state index contributed by atoms with van der Waals surface area (Å²) in [7, 11) is 0. The van der Waals surface area contributed by atoms with Crippen LogP contribution in [0.2, 0.25) is 0 Å². The summed E-state index contributed by atoms with van der Waals surface area (Å²) in [5.74, 6) is -0.0955. The van der Waals surface area contributed by atoms with Gasteiger partial charge in [0.05, 0.1) is 5.69 Å². The first-order valence-electron chi connectivity index (χ1n) is 8.77. The lowest BCUT2D eigenvalue weighted by molar-refractivity contribution is -0.116. The Bertz CT molecular complexity index is 1060. The lowest BCUT2D eigenvalue weighted by Crippen LogP contribution is -2.18. The van der Waals surface area contributed by atoms with Crippen molar-refractivity contribution in [3.05, 3.63) is 64.0 Å². The summed E-state index contributed by atoms with van der Waals surface area (Å²) in [5, 5.41) is 8.27. The minimum atomic E-state index is -0.151. The molecule has 1 aromatic heterocycles. The zero-order chi connectivity index (χ0) is 19.0. The second-order valence-corrected chi connectivity index (χ2v) is 7.59. The monoisotopic (exact) mass is 377 g/mol. The predicted molar refractivity (Wildman–Crippen MR) is 108 cm³/mol. The molecule has 0 radical (unpaired) electrons. The van der Waals surface area contributed by atoms with E-state index in [-0.39, 0.29) is 11.8 Å². The van der Waals surface area contributed by atoms with Crippen LogP contribution in [0, 0.1) is 13.8 Å². The Morgan fingerprint density at radius 2 is 2.00 bits per heavy atom. The number of anilines is 2. The normalized spacial score (nSPS) is 13.0. The van der Waals surface area contributed by atoms with Gasteiger partial charge >= 0.3 is 0 Å². The maximum Gasteiger partial charge on any atom is 0.257 e. The minimum absolute atomic E-state index is 0.0558. The molecule has 1 aliphatic rings. The van der Waals surface area contributed by atoms with E-state index in [4.69, 9.17) is 0 Å². The van der Waals surface area contributed by atoms with E-state index >= 15 is 0 Å². The van der Waals surface area contributed by atoms with Crippen molar-refractivity contribution in [1.82, 2.24) is 4.98 Å². The number of benzene rings is 2. The van der Waals surface area contributed by atoms with Gasteiger partial charge in [-0.3, -0.25) is 14.9 Å². The maximum atomic E-state index is 12.5. The SMILES string of the molecule is Cc1ccc(C(=O)Nc2nc(-c3ccc4c(c3)CCC(=O)N4)cs2)c(C)c1. The molecule has 0 unspecified atom stereocenters. The van der Waals surface area contributed by atoms with E-state index < -0.39 is 0 Å². The van der Waals surface area contributed by atoms with Crippen LogP contribution < -0.4 is 10.6 Å². The van der Waals surface area contributed by atoms with Gasteiger partial charge in [-0.15, -0.1) is 11.3 Å². The van der Waals surface area contributed by atoms with E-state index in [9.17, 15) is 9.59 Å². The third-order valence-corrected chi connectivity index (χ3v) is 5.41. The first kappa shape index (κ1) is 17.4. The summed E-state index contributed by atoms with van der Waals surface area (Å²) in [6, 6.07) is 11.7. The second-order valence-electron chi connectivity index (χ2n) is 6.73. The largest absolute Gasteiger partial charge is 0.326 e. The number of rotatable bonds is 3. The van der Waals surface area contributed by atoms with Crippen LogP contribution in [0.3, 0.4) is 0 Å². The summed E-state index contributed by atoms with van der Waals surface area (Å²) in [6.45, 7) is 3.94. The van der Waals surface area contributed by atoms with Crippen molar-refractivity contribution in [2.45, 2.75) is 26.7 Å². The zero-order valence-electron chi connectivity index (χ0n) is 15.1. The maximum absolute atomic E-state index is 12.5. The molecule has 2 heterocycles. The first-order valence-corrected chi connectivity index (χ1v) is 9.65. The predicted octanol–water partition coefficient (Wildman–Crippen LogP) is 4.56. The van der Waals surface area contributed by atoms with Gasteiger partial charge in [-0.05, 0) is 49.6 Å². The summed E-state index contributed by atoms with van der Waals surface area (Å²) in [6.07, 6.45) is 1.24. The third-order valence-electron chi connectivity index (χ3n) is 4.65. The van der Waals surface area contributed by atoms with Crippen molar-refractivity contribution in [3.8, 4) is 11.3 Å². The van der Waals surface area contributed by atoms with Gasteiger partial charge in [0.2, 0.25) is 5.91 Å². The molecule has 27 heavy (non-hydrogen) atoms. The van der Waals surface area contributed by atoms with Crippen LogP contribution in [0.15, 0.2) is 41.8 Å². The van der Waals surface area contributed by atoms with Crippen molar-refractivity contribution in [2.24, 2.45) is 0 Å². The molecular formula is C21H19N3O2S. The topological polar surface area (TPSA) is 71.1 Å². The smallest absolute Gasteiger partial charge is 0.257 e. The summed E-state index contributed by atoms with van der Waals surface area (Å²) in [4.78, 5) is 28.6. The highest BCUT2D eigenvalue weighted by Crippen LogP contribution is 2.30. The van der Waals surface area contributed by atoms with Crippen LogP contribution in [0.1, 0.15) is 33.5 Å². The Balaban J connectivity index is 1.53. The molecule has 0 aliphatic carbocycles. The molecule has 3 aromatic rings. The number of carbonyl (C=O) groups is 2. The van der Waals surface area contributed by atoms with E-state index in [1.165, 1.54) is 11.3 Å². The Morgan fingerprint density at radius 1 is 1.15 bits per heavy atom. The van der Waals surface area contributed by atoms with Crippen LogP contribution in [-0.4, -0.2) is 16.8 Å². The average molecular weight is 377 g/mol. The van der Waals surface area contributed by atoms with Gasteiger partial charge in [0.1, 0.15) is 0 Å². The fourth-order valence-corrected chi connectivity index (χ4v) is 3.95. The zero-order valence-corrected chi connectivity index (χ0v) is 15.9. The Hall–Kier alpha value is -2.99. The average Bonchev–Trinajstić information content (AvgIpc) is 3.09. The number of nitrogens with zero attached hydrogens (tertiary/aromatic N) is 1. The van der Waals surface area contributed by atoms with Gasteiger partial charge in [0, 0.05) is 28.6 Å². The fraction of sp³-hybridized carbons (Fsp3) is 0.190. The molecule has 2 N–H and O–H groups in total. The highest BCUT2D eigenvalue weighted by molar-refractivity contribution is 7.14. The second kappa shape index (κ2) is 6.96. The molecule has 1 aliphatic heterocycles. The Kier molecular flexibility index (Phi) is 4.49. The lowest BCUT2D eigenvalue weighted by Gasteiger charge is -2.17. The number of thiazole rings is 1. The molecule has 0 saturated heterocycles. The molecule has 0 saturated carbocycles. The van der Waals surface area contributed by atoms with Crippen molar-refractivity contribution >= 4 is 34.0 Å². The standard InChI is InChI=1S/C21H19N3O2S/c1-12-3-6-16(13(2)9-12)20(26)24-21-23-18(11-27-21)15-4-7-17-14(10-15)5-8-19(25)22-17/h3-4,6-7,9-11H,5,8H2,1-2H3,(H,22,25)(H,23,24,26). The van der Waals surface area contributed by atoms with E-state index in [1.807, 2.05) is 49.6 Å².